The maximum Gasteiger partial charge on any atom is 0.305 e. The first-order chi connectivity index (χ1) is 8.93. The quantitative estimate of drug-likeness (QED) is 0.898. The Labute approximate surface area is 120 Å². The average Bonchev–Trinajstić information content (AvgIpc) is 2.25. The minimum absolute atomic E-state index is 0.0825. The van der Waals surface area contributed by atoms with Gasteiger partial charge in [0, 0.05) is 0 Å². The first-order valence-corrected chi connectivity index (χ1v) is 6.67. The first kappa shape index (κ1) is 14.2. The van der Waals surface area contributed by atoms with Gasteiger partial charge in [-0.05, 0) is 31.4 Å². The zero-order valence-electron chi connectivity index (χ0n) is 10.1. The molecule has 0 unspecified atom stereocenters. The highest BCUT2D eigenvalue weighted by molar-refractivity contribution is 6.39. The van der Waals surface area contributed by atoms with E-state index in [9.17, 15) is 9.59 Å². The summed E-state index contributed by atoms with van der Waals surface area (Å²) in [5.74, 6) is -1.35. The summed E-state index contributed by atoms with van der Waals surface area (Å²) < 4.78 is 0. The van der Waals surface area contributed by atoms with Gasteiger partial charge >= 0.3 is 5.97 Å². The summed E-state index contributed by atoms with van der Waals surface area (Å²) in [6.45, 7) is 0. The Morgan fingerprint density at radius 2 is 1.84 bits per heavy atom. The highest BCUT2D eigenvalue weighted by Gasteiger charge is 2.40. The standard InChI is InChI=1S/C13H13Cl2NO3/c14-8-3-1-4-9(15)11(8)12(19)16-13(5-2-6-13)7-10(17)18/h1,3-4H,2,5-7H2,(H,16,19)(H,17,18). The van der Waals surface area contributed by atoms with Crippen LogP contribution in [0.2, 0.25) is 10.0 Å². The summed E-state index contributed by atoms with van der Waals surface area (Å²) in [4.78, 5) is 23.1. The number of carbonyl (C=O) groups excluding carboxylic acids is 1. The summed E-state index contributed by atoms with van der Waals surface area (Å²) >= 11 is 11.9. The lowest BCUT2D eigenvalue weighted by atomic mass is 9.74. The van der Waals surface area contributed by atoms with Crippen LogP contribution >= 0.6 is 23.2 Å². The fraction of sp³-hybridized carbons (Fsp3) is 0.385. The molecule has 0 heterocycles. The van der Waals surface area contributed by atoms with Crippen molar-refractivity contribution in [2.75, 3.05) is 0 Å². The van der Waals surface area contributed by atoms with Crippen molar-refractivity contribution in [3.63, 3.8) is 0 Å². The monoisotopic (exact) mass is 301 g/mol. The molecule has 6 heteroatoms. The van der Waals surface area contributed by atoms with Gasteiger partial charge in [-0.3, -0.25) is 9.59 Å². The van der Waals surface area contributed by atoms with E-state index in [-0.39, 0.29) is 22.0 Å². The van der Waals surface area contributed by atoms with Crippen molar-refractivity contribution in [2.24, 2.45) is 0 Å². The smallest absolute Gasteiger partial charge is 0.305 e. The molecular weight excluding hydrogens is 289 g/mol. The third kappa shape index (κ3) is 3.01. The Balaban J connectivity index is 2.19. The molecule has 1 aromatic carbocycles. The molecule has 1 aliphatic rings. The maximum absolute atomic E-state index is 12.2. The molecule has 0 atom stereocenters. The highest BCUT2D eigenvalue weighted by Crippen LogP contribution is 2.36. The van der Waals surface area contributed by atoms with Crippen molar-refractivity contribution < 1.29 is 14.7 Å². The Bertz CT molecular complexity index is 506. The van der Waals surface area contributed by atoms with Crippen molar-refractivity contribution in [2.45, 2.75) is 31.2 Å². The second kappa shape index (κ2) is 5.39. The number of halogens is 2. The van der Waals surface area contributed by atoms with Crippen LogP contribution in [0.5, 0.6) is 0 Å². The van der Waals surface area contributed by atoms with Crippen LogP contribution in [-0.4, -0.2) is 22.5 Å². The summed E-state index contributed by atoms with van der Waals surface area (Å²) in [6.07, 6.45) is 2.14. The number of carboxylic acids is 1. The van der Waals surface area contributed by atoms with Crippen molar-refractivity contribution in [3.8, 4) is 0 Å². The van der Waals surface area contributed by atoms with E-state index in [2.05, 4.69) is 5.32 Å². The lowest BCUT2D eigenvalue weighted by molar-refractivity contribution is -0.139. The van der Waals surface area contributed by atoms with E-state index in [4.69, 9.17) is 28.3 Å². The molecule has 19 heavy (non-hydrogen) atoms. The van der Waals surface area contributed by atoms with Gasteiger partial charge in [-0.1, -0.05) is 29.3 Å². The van der Waals surface area contributed by atoms with Gasteiger partial charge in [0.1, 0.15) is 0 Å². The predicted octanol–water partition coefficient (Wildman–Crippen LogP) is 3.12. The van der Waals surface area contributed by atoms with Gasteiger partial charge in [-0.2, -0.15) is 0 Å². The second-order valence-corrected chi connectivity index (χ2v) is 5.57. The predicted molar refractivity (Wildman–Crippen MR) is 72.8 cm³/mol. The van der Waals surface area contributed by atoms with E-state index in [0.717, 1.165) is 6.42 Å². The molecule has 2 rings (SSSR count). The van der Waals surface area contributed by atoms with Crippen LogP contribution in [0.1, 0.15) is 36.0 Å². The summed E-state index contributed by atoms with van der Waals surface area (Å²) in [6, 6.07) is 4.80. The number of benzene rings is 1. The molecule has 0 aliphatic heterocycles. The van der Waals surface area contributed by atoms with Crippen LogP contribution < -0.4 is 5.32 Å². The molecule has 102 valence electrons. The van der Waals surface area contributed by atoms with E-state index >= 15 is 0 Å². The van der Waals surface area contributed by atoms with Gasteiger partial charge in [0.15, 0.2) is 0 Å². The molecule has 1 aromatic rings. The third-order valence-corrected chi connectivity index (χ3v) is 4.00. The maximum atomic E-state index is 12.2. The van der Waals surface area contributed by atoms with Crippen LogP contribution in [0.25, 0.3) is 0 Å². The minimum Gasteiger partial charge on any atom is -0.481 e. The van der Waals surface area contributed by atoms with E-state index in [1.807, 2.05) is 0 Å². The number of hydrogen-bond donors (Lipinski definition) is 2. The lowest BCUT2D eigenvalue weighted by Gasteiger charge is -2.41. The van der Waals surface area contributed by atoms with Crippen LogP contribution in [0.4, 0.5) is 0 Å². The average molecular weight is 302 g/mol. The van der Waals surface area contributed by atoms with E-state index in [1.54, 1.807) is 18.2 Å². The van der Waals surface area contributed by atoms with Gasteiger partial charge in [0.05, 0.1) is 27.6 Å². The van der Waals surface area contributed by atoms with Gasteiger partial charge in [0.2, 0.25) is 0 Å². The number of carbonyl (C=O) groups is 2. The van der Waals surface area contributed by atoms with Gasteiger partial charge in [-0.15, -0.1) is 0 Å². The molecule has 0 aromatic heterocycles. The largest absolute Gasteiger partial charge is 0.481 e. The third-order valence-electron chi connectivity index (χ3n) is 3.37. The zero-order valence-corrected chi connectivity index (χ0v) is 11.6. The summed E-state index contributed by atoms with van der Waals surface area (Å²) in [5, 5.41) is 12.2. The van der Waals surface area contributed by atoms with Crippen LogP contribution in [0.15, 0.2) is 18.2 Å². The molecule has 2 N–H and O–H groups in total. The number of carboxylic acid groups (broad SMARTS) is 1. The van der Waals surface area contributed by atoms with Crippen molar-refractivity contribution in [1.82, 2.24) is 5.32 Å². The van der Waals surface area contributed by atoms with Crippen molar-refractivity contribution >= 4 is 35.1 Å². The molecule has 1 aliphatic carbocycles. The fourth-order valence-corrected chi connectivity index (χ4v) is 2.83. The number of aliphatic carboxylic acids is 1. The normalized spacial score (nSPS) is 16.5. The summed E-state index contributed by atoms with van der Waals surface area (Å²) in [5.41, 5.74) is -0.465. The Kier molecular flexibility index (Phi) is 4.02. The lowest BCUT2D eigenvalue weighted by Crippen LogP contribution is -2.54. The Morgan fingerprint density at radius 3 is 2.26 bits per heavy atom. The molecule has 1 fully saturated rings. The number of rotatable bonds is 4. The molecule has 0 radical (unpaired) electrons. The number of hydrogen-bond acceptors (Lipinski definition) is 2. The summed E-state index contributed by atoms with van der Waals surface area (Å²) in [7, 11) is 0. The van der Waals surface area contributed by atoms with Crippen LogP contribution in [0, 0.1) is 0 Å². The van der Waals surface area contributed by atoms with Crippen LogP contribution in [-0.2, 0) is 4.79 Å². The van der Waals surface area contributed by atoms with Gasteiger partial charge in [-0.25, -0.2) is 0 Å². The first-order valence-electron chi connectivity index (χ1n) is 5.92. The number of amides is 1. The molecule has 1 amide bonds. The second-order valence-electron chi connectivity index (χ2n) is 4.76. The van der Waals surface area contributed by atoms with Crippen LogP contribution in [0.3, 0.4) is 0 Å². The SMILES string of the molecule is O=C(O)CC1(NC(=O)c2c(Cl)cccc2Cl)CCC1. The topological polar surface area (TPSA) is 66.4 Å². The molecule has 1 saturated carbocycles. The van der Waals surface area contributed by atoms with E-state index < -0.39 is 17.4 Å². The zero-order chi connectivity index (χ0) is 14.0. The van der Waals surface area contributed by atoms with Gasteiger partial charge in [0.25, 0.3) is 5.91 Å². The highest BCUT2D eigenvalue weighted by atomic mass is 35.5. The van der Waals surface area contributed by atoms with E-state index in [0.29, 0.717) is 12.8 Å². The molecule has 0 spiro atoms. The molecular formula is C13H13Cl2NO3. The minimum atomic E-state index is -0.926. The van der Waals surface area contributed by atoms with Gasteiger partial charge < -0.3 is 10.4 Å². The number of nitrogens with one attached hydrogen (secondary N) is 1. The molecule has 0 bridgehead atoms. The molecule has 4 nitrogen and oxygen atoms in total. The van der Waals surface area contributed by atoms with E-state index in [1.165, 1.54) is 0 Å². The van der Waals surface area contributed by atoms with Crippen molar-refractivity contribution in [3.05, 3.63) is 33.8 Å². The fourth-order valence-electron chi connectivity index (χ4n) is 2.26. The Morgan fingerprint density at radius 1 is 1.26 bits per heavy atom. The van der Waals surface area contributed by atoms with Crippen molar-refractivity contribution in [1.29, 1.82) is 0 Å². The Hall–Kier alpha value is -1.26. The molecule has 0 saturated heterocycles.